The summed E-state index contributed by atoms with van der Waals surface area (Å²) in [6, 6.07) is 0. The number of nitrogens with one attached hydrogen (secondary N) is 1. The van der Waals surface area contributed by atoms with E-state index >= 15 is 0 Å². The number of carboxylic acid groups (broad SMARTS) is 1. The van der Waals surface area contributed by atoms with Gasteiger partial charge in [-0.25, -0.2) is 9.48 Å². The maximum absolute atomic E-state index is 12.0. The van der Waals surface area contributed by atoms with Gasteiger partial charge in [0, 0.05) is 19.1 Å². The van der Waals surface area contributed by atoms with E-state index in [4.69, 9.17) is 9.84 Å². The molecular weight excluding hydrogens is 300 g/mol. The van der Waals surface area contributed by atoms with Crippen LogP contribution in [0.25, 0.3) is 0 Å². The molecule has 1 aromatic heterocycles. The average molecular weight is 324 g/mol. The second-order valence-corrected chi connectivity index (χ2v) is 6.97. The van der Waals surface area contributed by atoms with Crippen LogP contribution in [0.15, 0.2) is 6.20 Å². The molecule has 1 amide bonds. The Labute approximate surface area is 135 Å². The number of hydrogen-bond acceptors (Lipinski definition) is 5. The quantitative estimate of drug-likeness (QED) is 0.834. The van der Waals surface area contributed by atoms with Gasteiger partial charge in [0.1, 0.15) is 6.54 Å². The lowest BCUT2D eigenvalue weighted by Gasteiger charge is -2.40. The molecule has 0 saturated carbocycles. The summed E-state index contributed by atoms with van der Waals surface area (Å²) < 4.78 is 7.11. The van der Waals surface area contributed by atoms with E-state index < -0.39 is 5.97 Å². The van der Waals surface area contributed by atoms with Crippen molar-refractivity contribution >= 4 is 11.9 Å². The SMILES string of the molecule is CC(C)(C)C1OCCCC1CNC(=O)Cn1cc(C(=O)O)nn1. The summed E-state index contributed by atoms with van der Waals surface area (Å²) in [6.45, 7) is 7.68. The van der Waals surface area contributed by atoms with E-state index in [0.717, 1.165) is 19.4 Å². The highest BCUT2D eigenvalue weighted by Gasteiger charge is 2.35. The predicted octanol–water partition coefficient (Wildman–Crippen LogP) is 0.934. The molecule has 2 unspecified atom stereocenters. The summed E-state index contributed by atoms with van der Waals surface area (Å²) in [4.78, 5) is 22.7. The maximum Gasteiger partial charge on any atom is 0.358 e. The first kappa shape index (κ1) is 17.4. The summed E-state index contributed by atoms with van der Waals surface area (Å²) in [5.41, 5.74) is -0.149. The van der Waals surface area contributed by atoms with Crippen molar-refractivity contribution in [2.24, 2.45) is 11.3 Å². The molecule has 1 aliphatic heterocycles. The molecule has 128 valence electrons. The number of carbonyl (C=O) groups excluding carboxylic acids is 1. The zero-order valence-electron chi connectivity index (χ0n) is 13.8. The lowest BCUT2D eigenvalue weighted by Crippen LogP contribution is -2.45. The number of rotatable bonds is 5. The molecule has 1 aromatic rings. The van der Waals surface area contributed by atoms with E-state index in [-0.39, 0.29) is 35.6 Å². The molecule has 2 atom stereocenters. The lowest BCUT2D eigenvalue weighted by molar-refractivity contribution is -0.123. The zero-order valence-corrected chi connectivity index (χ0v) is 13.8. The number of aromatic nitrogens is 3. The zero-order chi connectivity index (χ0) is 17.0. The monoisotopic (exact) mass is 324 g/mol. The number of carboxylic acids is 1. The summed E-state index contributed by atoms with van der Waals surface area (Å²) in [5.74, 6) is -1.10. The fraction of sp³-hybridized carbons (Fsp3) is 0.733. The van der Waals surface area contributed by atoms with Crippen LogP contribution in [-0.2, 0) is 16.1 Å². The lowest BCUT2D eigenvalue weighted by atomic mass is 9.78. The average Bonchev–Trinajstić information content (AvgIpc) is 2.93. The molecule has 1 aliphatic rings. The van der Waals surface area contributed by atoms with Crippen LogP contribution in [-0.4, -0.2) is 51.2 Å². The molecule has 2 N–H and O–H groups in total. The highest BCUT2D eigenvalue weighted by molar-refractivity contribution is 5.84. The number of carbonyl (C=O) groups is 2. The normalized spacial score (nSPS) is 21.9. The fourth-order valence-electron chi connectivity index (χ4n) is 2.93. The minimum absolute atomic E-state index is 0.0259. The number of hydrogen-bond donors (Lipinski definition) is 2. The van der Waals surface area contributed by atoms with E-state index in [1.807, 2.05) is 0 Å². The molecular formula is C15H24N4O4. The van der Waals surface area contributed by atoms with Crippen molar-refractivity contribution in [3.05, 3.63) is 11.9 Å². The summed E-state index contributed by atoms with van der Waals surface area (Å²) in [7, 11) is 0. The van der Waals surface area contributed by atoms with Gasteiger partial charge >= 0.3 is 5.97 Å². The van der Waals surface area contributed by atoms with Gasteiger partial charge in [0.25, 0.3) is 0 Å². The van der Waals surface area contributed by atoms with E-state index in [2.05, 4.69) is 36.4 Å². The van der Waals surface area contributed by atoms with Crippen LogP contribution >= 0.6 is 0 Å². The number of amides is 1. The number of ether oxygens (including phenoxy) is 1. The third kappa shape index (κ3) is 4.75. The number of nitrogens with zero attached hydrogens (tertiary/aromatic N) is 3. The van der Waals surface area contributed by atoms with Gasteiger partial charge in [-0.3, -0.25) is 4.79 Å². The van der Waals surface area contributed by atoms with Gasteiger partial charge in [-0.2, -0.15) is 0 Å². The topological polar surface area (TPSA) is 106 Å². The maximum atomic E-state index is 12.0. The minimum atomic E-state index is -1.16. The number of aromatic carboxylic acids is 1. The molecule has 0 aromatic carbocycles. The van der Waals surface area contributed by atoms with Crippen molar-refractivity contribution in [3.8, 4) is 0 Å². The highest BCUT2D eigenvalue weighted by atomic mass is 16.5. The van der Waals surface area contributed by atoms with Crippen LogP contribution in [0.5, 0.6) is 0 Å². The van der Waals surface area contributed by atoms with Gasteiger partial charge in [0.15, 0.2) is 5.69 Å². The second-order valence-electron chi connectivity index (χ2n) is 6.97. The highest BCUT2D eigenvalue weighted by Crippen LogP contribution is 2.33. The van der Waals surface area contributed by atoms with Gasteiger partial charge < -0.3 is 15.2 Å². The van der Waals surface area contributed by atoms with Crippen molar-refractivity contribution in [2.45, 2.75) is 46.3 Å². The molecule has 0 aliphatic carbocycles. The minimum Gasteiger partial charge on any atom is -0.476 e. The molecule has 2 heterocycles. The molecule has 1 saturated heterocycles. The van der Waals surface area contributed by atoms with E-state index in [9.17, 15) is 9.59 Å². The van der Waals surface area contributed by atoms with Crippen LogP contribution in [0.2, 0.25) is 0 Å². The van der Waals surface area contributed by atoms with Crippen LogP contribution < -0.4 is 5.32 Å². The van der Waals surface area contributed by atoms with E-state index in [1.165, 1.54) is 10.9 Å². The summed E-state index contributed by atoms with van der Waals surface area (Å²) in [5, 5.41) is 18.8. The van der Waals surface area contributed by atoms with Crippen LogP contribution in [0.1, 0.15) is 44.1 Å². The fourth-order valence-corrected chi connectivity index (χ4v) is 2.93. The van der Waals surface area contributed by atoms with Crippen molar-refractivity contribution in [3.63, 3.8) is 0 Å². The van der Waals surface area contributed by atoms with E-state index in [0.29, 0.717) is 6.54 Å². The summed E-state index contributed by atoms with van der Waals surface area (Å²) >= 11 is 0. The standard InChI is InChI=1S/C15H24N4O4/c1-15(2,3)13-10(5-4-6-23-13)7-16-12(20)9-19-8-11(14(21)22)17-18-19/h8,10,13H,4-7,9H2,1-3H3,(H,16,20)(H,21,22). The Morgan fingerprint density at radius 2 is 2.22 bits per heavy atom. The van der Waals surface area contributed by atoms with Gasteiger partial charge in [-0.1, -0.05) is 26.0 Å². The first-order valence-corrected chi connectivity index (χ1v) is 7.79. The summed E-state index contributed by atoms with van der Waals surface area (Å²) in [6.07, 6.45) is 3.37. The first-order valence-electron chi connectivity index (χ1n) is 7.79. The van der Waals surface area contributed by atoms with Crippen molar-refractivity contribution in [2.75, 3.05) is 13.2 Å². The molecule has 8 heteroatoms. The molecule has 23 heavy (non-hydrogen) atoms. The molecule has 0 bridgehead atoms. The van der Waals surface area contributed by atoms with Gasteiger partial charge in [0.05, 0.1) is 12.3 Å². The molecule has 0 spiro atoms. The first-order chi connectivity index (χ1) is 10.8. The Bertz CT molecular complexity index is 564. The van der Waals surface area contributed by atoms with Crippen molar-refractivity contribution in [1.82, 2.24) is 20.3 Å². The van der Waals surface area contributed by atoms with Gasteiger partial charge in [0.2, 0.25) is 5.91 Å². The van der Waals surface area contributed by atoms with Crippen LogP contribution in [0, 0.1) is 11.3 Å². The molecule has 2 rings (SSSR count). The molecule has 8 nitrogen and oxygen atoms in total. The Hall–Kier alpha value is -1.96. The molecule has 0 radical (unpaired) electrons. The van der Waals surface area contributed by atoms with Crippen LogP contribution in [0.4, 0.5) is 0 Å². The van der Waals surface area contributed by atoms with Gasteiger partial charge in [-0.05, 0) is 18.3 Å². The van der Waals surface area contributed by atoms with E-state index in [1.54, 1.807) is 0 Å². The predicted molar refractivity (Wildman–Crippen MR) is 81.9 cm³/mol. The Morgan fingerprint density at radius 1 is 1.48 bits per heavy atom. The second kappa shape index (κ2) is 7.08. The Kier molecular flexibility index (Phi) is 5.35. The smallest absolute Gasteiger partial charge is 0.358 e. The van der Waals surface area contributed by atoms with Crippen LogP contribution in [0.3, 0.4) is 0 Å². The Morgan fingerprint density at radius 3 is 2.83 bits per heavy atom. The largest absolute Gasteiger partial charge is 0.476 e. The molecule has 1 fully saturated rings. The third-order valence-corrected chi connectivity index (χ3v) is 3.92. The third-order valence-electron chi connectivity index (χ3n) is 3.92. The van der Waals surface area contributed by atoms with Gasteiger partial charge in [-0.15, -0.1) is 5.10 Å². The van der Waals surface area contributed by atoms with Crippen molar-refractivity contribution < 1.29 is 19.4 Å². The Balaban J connectivity index is 1.86. The van der Waals surface area contributed by atoms with Crippen molar-refractivity contribution in [1.29, 1.82) is 0 Å².